The van der Waals surface area contributed by atoms with Gasteiger partial charge >= 0.3 is 0 Å². The Labute approximate surface area is 168 Å². The molecule has 0 radical (unpaired) electrons. The fourth-order valence-electron chi connectivity index (χ4n) is 3.79. The van der Waals surface area contributed by atoms with Gasteiger partial charge in [0.1, 0.15) is 5.75 Å². The van der Waals surface area contributed by atoms with Crippen molar-refractivity contribution in [2.45, 2.75) is 13.0 Å². The zero-order chi connectivity index (χ0) is 19.8. The Kier molecular flexibility index (Phi) is 4.37. The van der Waals surface area contributed by atoms with E-state index in [1.165, 1.54) is 11.1 Å². The lowest BCUT2D eigenvalue weighted by Crippen LogP contribution is -2.26. The second-order valence-electron chi connectivity index (χ2n) is 7.39. The molecule has 2 N–H and O–H groups in total. The van der Waals surface area contributed by atoms with Crippen LogP contribution >= 0.6 is 0 Å². The summed E-state index contributed by atoms with van der Waals surface area (Å²) >= 11 is 0. The Morgan fingerprint density at radius 1 is 1.10 bits per heavy atom. The predicted octanol–water partition coefficient (Wildman–Crippen LogP) is 3.76. The highest BCUT2D eigenvalue weighted by molar-refractivity contribution is 5.84. The van der Waals surface area contributed by atoms with E-state index in [0.29, 0.717) is 5.95 Å². The Morgan fingerprint density at radius 2 is 2.03 bits per heavy atom. The summed E-state index contributed by atoms with van der Waals surface area (Å²) in [4.78, 5) is 11.5. The van der Waals surface area contributed by atoms with Crippen LogP contribution in [0.15, 0.2) is 48.9 Å². The van der Waals surface area contributed by atoms with E-state index in [1.807, 2.05) is 30.6 Å². The van der Waals surface area contributed by atoms with Crippen LogP contribution in [0.3, 0.4) is 0 Å². The molecule has 0 amide bonds. The maximum atomic E-state index is 5.63. The van der Waals surface area contributed by atoms with Crippen molar-refractivity contribution in [3.63, 3.8) is 0 Å². The standard InChI is InChI=1S/C22H22N6O/c1-28-6-5-15-8-20(21(29-2)9-17(15)13-28)27-22-23-10-16-4-3-14(7-19(16)26-22)18-11-24-25-12-18/h3-4,7-12H,5-6,13H2,1-2H3,(H,24,25)(H,23,26,27). The Hall–Kier alpha value is -3.45. The molecule has 0 spiro atoms. The summed E-state index contributed by atoms with van der Waals surface area (Å²) < 4.78 is 5.63. The van der Waals surface area contributed by atoms with Crippen LogP contribution in [-0.4, -0.2) is 45.8 Å². The number of likely N-dealkylation sites (N-methyl/N-ethyl adjacent to an activating group) is 1. The molecule has 0 saturated carbocycles. The Balaban J connectivity index is 1.50. The maximum absolute atomic E-state index is 5.63. The predicted molar refractivity (Wildman–Crippen MR) is 113 cm³/mol. The first kappa shape index (κ1) is 17.6. The van der Waals surface area contributed by atoms with Gasteiger partial charge in [-0.2, -0.15) is 5.10 Å². The average molecular weight is 386 g/mol. The number of anilines is 2. The van der Waals surface area contributed by atoms with Crippen molar-refractivity contribution in [2.24, 2.45) is 0 Å². The molecule has 4 aromatic rings. The SMILES string of the molecule is COc1cc2c(cc1Nc1ncc3ccc(-c4cn[nH]c4)cc3n1)CCN(C)C2. The van der Waals surface area contributed by atoms with Crippen molar-refractivity contribution in [2.75, 3.05) is 26.0 Å². The quantitative estimate of drug-likeness (QED) is 0.556. The number of hydrogen-bond acceptors (Lipinski definition) is 6. The number of ether oxygens (including phenoxy) is 1. The van der Waals surface area contributed by atoms with Gasteiger partial charge in [0, 0.05) is 36.4 Å². The first-order valence-electron chi connectivity index (χ1n) is 9.61. The third-order valence-corrected chi connectivity index (χ3v) is 5.39. The van der Waals surface area contributed by atoms with Crippen LogP contribution in [0.1, 0.15) is 11.1 Å². The van der Waals surface area contributed by atoms with Crippen LogP contribution in [0.25, 0.3) is 22.0 Å². The molecule has 1 aliphatic rings. The summed E-state index contributed by atoms with van der Waals surface area (Å²) in [5.41, 5.74) is 6.51. The number of rotatable bonds is 4. The van der Waals surface area contributed by atoms with Gasteiger partial charge in [-0.15, -0.1) is 0 Å². The molecule has 0 bridgehead atoms. The number of benzene rings is 2. The number of aromatic nitrogens is 4. The first-order valence-corrected chi connectivity index (χ1v) is 9.61. The van der Waals surface area contributed by atoms with Gasteiger partial charge in [-0.1, -0.05) is 12.1 Å². The van der Waals surface area contributed by atoms with E-state index in [1.54, 1.807) is 13.3 Å². The maximum Gasteiger partial charge on any atom is 0.227 e. The zero-order valence-electron chi connectivity index (χ0n) is 16.4. The normalized spacial score (nSPS) is 14.0. The Bertz CT molecular complexity index is 1170. The van der Waals surface area contributed by atoms with Crippen LogP contribution in [-0.2, 0) is 13.0 Å². The van der Waals surface area contributed by atoms with Gasteiger partial charge in [-0.05, 0) is 48.4 Å². The summed E-state index contributed by atoms with van der Waals surface area (Å²) in [5.74, 6) is 1.35. The average Bonchev–Trinajstić information content (AvgIpc) is 3.28. The van der Waals surface area contributed by atoms with Gasteiger partial charge in [0.25, 0.3) is 0 Å². The molecule has 7 heteroatoms. The molecule has 0 aliphatic carbocycles. The molecule has 1 aliphatic heterocycles. The highest BCUT2D eigenvalue weighted by atomic mass is 16.5. The lowest BCUT2D eigenvalue weighted by Gasteiger charge is -2.26. The highest BCUT2D eigenvalue weighted by Gasteiger charge is 2.17. The van der Waals surface area contributed by atoms with Crippen molar-refractivity contribution < 1.29 is 4.74 Å². The van der Waals surface area contributed by atoms with Crippen molar-refractivity contribution in [1.82, 2.24) is 25.1 Å². The van der Waals surface area contributed by atoms with E-state index in [2.05, 4.69) is 44.6 Å². The number of methoxy groups -OCH3 is 1. The molecule has 7 nitrogen and oxygen atoms in total. The van der Waals surface area contributed by atoms with Crippen LogP contribution in [0.4, 0.5) is 11.6 Å². The third kappa shape index (κ3) is 3.40. The minimum atomic E-state index is 0.549. The van der Waals surface area contributed by atoms with Gasteiger partial charge in [-0.3, -0.25) is 5.10 Å². The molecule has 2 aromatic heterocycles. The van der Waals surface area contributed by atoms with Crippen molar-refractivity contribution in [3.05, 3.63) is 60.0 Å². The number of aromatic amines is 1. The highest BCUT2D eigenvalue weighted by Crippen LogP contribution is 2.33. The molecule has 0 atom stereocenters. The van der Waals surface area contributed by atoms with E-state index >= 15 is 0 Å². The van der Waals surface area contributed by atoms with Crippen LogP contribution in [0.5, 0.6) is 5.75 Å². The summed E-state index contributed by atoms with van der Waals surface area (Å²) in [6.07, 6.45) is 6.54. The molecule has 2 aromatic carbocycles. The summed E-state index contributed by atoms with van der Waals surface area (Å²) in [6.45, 7) is 2.00. The smallest absolute Gasteiger partial charge is 0.227 e. The van der Waals surface area contributed by atoms with E-state index in [4.69, 9.17) is 9.72 Å². The second kappa shape index (κ2) is 7.18. The van der Waals surface area contributed by atoms with Crippen LogP contribution < -0.4 is 10.1 Å². The third-order valence-electron chi connectivity index (χ3n) is 5.39. The molecule has 146 valence electrons. The topological polar surface area (TPSA) is 79.0 Å². The number of fused-ring (bicyclic) bond motifs is 2. The lowest BCUT2D eigenvalue weighted by atomic mass is 9.99. The fourth-order valence-corrected chi connectivity index (χ4v) is 3.79. The number of hydrogen-bond donors (Lipinski definition) is 2. The van der Waals surface area contributed by atoms with E-state index in [9.17, 15) is 0 Å². The Morgan fingerprint density at radius 3 is 2.86 bits per heavy atom. The van der Waals surface area contributed by atoms with E-state index < -0.39 is 0 Å². The number of H-pyrrole nitrogens is 1. The van der Waals surface area contributed by atoms with Gasteiger partial charge in [0.05, 0.1) is 24.5 Å². The van der Waals surface area contributed by atoms with Crippen molar-refractivity contribution in [3.8, 4) is 16.9 Å². The van der Waals surface area contributed by atoms with Gasteiger partial charge in [0.15, 0.2) is 0 Å². The van der Waals surface area contributed by atoms with Gasteiger partial charge in [0.2, 0.25) is 5.95 Å². The monoisotopic (exact) mass is 386 g/mol. The number of nitrogens with zero attached hydrogens (tertiary/aromatic N) is 4. The summed E-state index contributed by atoms with van der Waals surface area (Å²) in [5, 5.41) is 11.2. The van der Waals surface area contributed by atoms with Crippen LogP contribution in [0, 0.1) is 0 Å². The molecular formula is C22H22N6O. The molecule has 5 rings (SSSR count). The fraction of sp³-hybridized carbons (Fsp3) is 0.227. The minimum Gasteiger partial charge on any atom is -0.495 e. The molecule has 29 heavy (non-hydrogen) atoms. The molecule has 0 unspecified atom stereocenters. The van der Waals surface area contributed by atoms with E-state index in [-0.39, 0.29) is 0 Å². The lowest BCUT2D eigenvalue weighted by molar-refractivity contribution is 0.311. The zero-order valence-corrected chi connectivity index (χ0v) is 16.4. The second-order valence-corrected chi connectivity index (χ2v) is 7.39. The minimum absolute atomic E-state index is 0.549. The number of nitrogens with one attached hydrogen (secondary N) is 2. The van der Waals surface area contributed by atoms with Crippen molar-refractivity contribution >= 4 is 22.5 Å². The molecule has 3 heterocycles. The summed E-state index contributed by atoms with van der Waals surface area (Å²) in [6, 6.07) is 10.4. The van der Waals surface area contributed by atoms with Crippen LogP contribution in [0.2, 0.25) is 0 Å². The first-order chi connectivity index (χ1) is 14.2. The summed E-state index contributed by atoms with van der Waals surface area (Å²) in [7, 11) is 3.83. The van der Waals surface area contributed by atoms with Crippen molar-refractivity contribution in [1.29, 1.82) is 0 Å². The van der Waals surface area contributed by atoms with Gasteiger partial charge in [-0.25, -0.2) is 9.97 Å². The molecule has 0 fully saturated rings. The largest absolute Gasteiger partial charge is 0.495 e. The molecular weight excluding hydrogens is 364 g/mol. The van der Waals surface area contributed by atoms with Gasteiger partial charge < -0.3 is 15.0 Å². The molecule has 0 saturated heterocycles. The van der Waals surface area contributed by atoms with E-state index in [0.717, 1.165) is 53.0 Å².